The highest BCUT2D eigenvalue weighted by Crippen LogP contribution is 2.41. The molecule has 0 radical (unpaired) electrons. The number of nitrogens with one attached hydrogen (secondary N) is 1. The van der Waals surface area contributed by atoms with E-state index in [0.29, 0.717) is 11.6 Å². The first-order valence-corrected chi connectivity index (χ1v) is 8.69. The minimum Gasteiger partial charge on any atom is -0.315 e. The number of fused-ring (bicyclic) bond motifs is 1. The van der Waals surface area contributed by atoms with E-state index in [2.05, 4.69) is 55.4 Å². The maximum Gasteiger partial charge on any atom is 0.0331 e. The average molecular weight is 286 g/mol. The Morgan fingerprint density at radius 1 is 1.29 bits per heavy atom. The third-order valence-corrected chi connectivity index (χ3v) is 6.12. The second-order valence-corrected chi connectivity index (χ2v) is 7.08. The summed E-state index contributed by atoms with van der Waals surface area (Å²) in [6.07, 6.45) is 6.52. The number of nitrogens with zero attached hydrogens (tertiary/aromatic N) is 1. The molecular weight excluding hydrogens is 256 g/mol. The fourth-order valence-electron chi connectivity index (χ4n) is 4.46. The molecule has 1 aliphatic heterocycles. The molecule has 3 unspecified atom stereocenters. The lowest BCUT2D eigenvalue weighted by Gasteiger charge is -2.47. The van der Waals surface area contributed by atoms with E-state index in [1.54, 1.807) is 11.1 Å². The molecule has 1 N–H and O–H groups in total. The van der Waals surface area contributed by atoms with Gasteiger partial charge in [-0.15, -0.1) is 0 Å². The van der Waals surface area contributed by atoms with Crippen molar-refractivity contribution in [1.29, 1.82) is 0 Å². The largest absolute Gasteiger partial charge is 0.315 e. The average Bonchev–Trinajstić information content (AvgIpc) is 3.03. The van der Waals surface area contributed by atoms with Gasteiger partial charge in [0.25, 0.3) is 0 Å². The van der Waals surface area contributed by atoms with Crippen LogP contribution in [0.4, 0.5) is 0 Å². The number of hydrogen-bond acceptors (Lipinski definition) is 2. The van der Waals surface area contributed by atoms with Gasteiger partial charge in [0.2, 0.25) is 0 Å². The molecule has 0 bridgehead atoms. The molecule has 1 heterocycles. The van der Waals surface area contributed by atoms with Crippen molar-refractivity contribution >= 4 is 0 Å². The van der Waals surface area contributed by atoms with Crippen molar-refractivity contribution in [2.24, 2.45) is 0 Å². The molecule has 3 atom stereocenters. The van der Waals surface area contributed by atoms with Crippen LogP contribution in [0.5, 0.6) is 0 Å². The van der Waals surface area contributed by atoms with Crippen LogP contribution in [-0.4, -0.2) is 36.6 Å². The van der Waals surface area contributed by atoms with Crippen molar-refractivity contribution in [3.05, 3.63) is 35.4 Å². The van der Waals surface area contributed by atoms with Gasteiger partial charge in [0.05, 0.1) is 0 Å². The first-order chi connectivity index (χ1) is 10.2. The van der Waals surface area contributed by atoms with Crippen molar-refractivity contribution < 1.29 is 0 Å². The lowest BCUT2D eigenvalue weighted by atomic mass is 9.71. The quantitative estimate of drug-likeness (QED) is 0.860. The van der Waals surface area contributed by atoms with Crippen LogP contribution in [0.15, 0.2) is 24.3 Å². The standard InChI is InChI=1S/C19H30N2/c1-4-19(2,21-11-7-8-12-21)18(20-3)14-16-13-15-9-5-6-10-17(15)16/h5-6,9-10,16,18,20H,4,7-8,11-14H2,1-3H3. The minimum atomic E-state index is 0.301. The molecule has 1 aromatic carbocycles. The van der Waals surface area contributed by atoms with Gasteiger partial charge in [0.1, 0.15) is 0 Å². The molecule has 0 spiro atoms. The minimum absolute atomic E-state index is 0.301. The summed E-state index contributed by atoms with van der Waals surface area (Å²) in [7, 11) is 2.15. The molecule has 0 aromatic heterocycles. The highest BCUT2D eigenvalue weighted by Gasteiger charge is 2.41. The van der Waals surface area contributed by atoms with Crippen LogP contribution in [0.1, 0.15) is 56.6 Å². The van der Waals surface area contributed by atoms with Crippen molar-refractivity contribution in [2.45, 2.75) is 63.5 Å². The molecule has 1 saturated heterocycles. The highest BCUT2D eigenvalue weighted by molar-refractivity contribution is 5.40. The lowest BCUT2D eigenvalue weighted by molar-refractivity contribution is 0.0793. The molecule has 2 aliphatic rings. The summed E-state index contributed by atoms with van der Waals surface area (Å²) < 4.78 is 0. The number of hydrogen-bond donors (Lipinski definition) is 1. The monoisotopic (exact) mass is 286 g/mol. The zero-order valence-electron chi connectivity index (χ0n) is 13.9. The first-order valence-electron chi connectivity index (χ1n) is 8.69. The van der Waals surface area contributed by atoms with Crippen LogP contribution in [-0.2, 0) is 6.42 Å². The van der Waals surface area contributed by atoms with E-state index < -0.39 is 0 Å². The SMILES string of the molecule is CCC(C)(C(CC1Cc2ccccc21)NC)N1CCCC1. The van der Waals surface area contributed by atoms with E-state index in [1.807, 2.05) is 0 Å². The Bertz CT molecular complexity index is 478. The number of likely N-dealkylation sites (N-methyl/N-ethyl adjacent to an activating group) is 1. The number of rotatable bonds is 6. The van der Waals surface area contributed by atoms with Gasteiger partial charge in [-0.3, -0.25) is 4.90 Å². The van der Waals surface area contributed by atoms with Gasteiger partial charge in [-0.05, 0) is 76.2 Å². The second kappa shape index (κ2) is 6.10. The molecular formula is C19H30N2. The van der Waals surface area contributed by atoms with Crippen molar-refractivity contribution in [3.8, 4) is 0 Å². The van der Waals surface area contributed by atoms with Gasteiger partial charge in [-0.1, -0.05) is 31.2 Å². The Labute approximate surface area is 129 Å². The molecule has 2 heteroatoms. The van der Waals surface area contributed by atoms with E-state index in [-0.39, 0.29) is 0 Å². The number of likely N-dealkylation sites (tertiary alicyclic amines) is 1. The van der Waals surface area contributed by atoms with Gasteiger partial charge in [-0.25, -0.2) is 0 Å². The highest BCUT2D eigenvalue weighted by atomic mass is 15.2. The normalized spacial score (nSPS) is 26.0. The summed E-state index contributed by atoms with van der Waals surface area (Å²) >= 11 is 0. The van der Waals surface area contributed by atoms with E-state index >= 15 is 0 Å². The molecule has 2 nitrogen and oxygen atoms in total. The van der Waals surface area contributed by atoms with Crippen molar-refractivity contribution in [2.75, 3.05) is 20.1 Å². The van der Waals surface area contributed by atoms with E-state index in [0.717, 1.165) is 5.92 Å². The van der Waals surface area contributed by atoms with E-state index in [1.165, 1.54) is 45.2 Å². The predicted octanol–water partition coefficient (Wildman–Crippen LogP) is 3.57. The van der Waals surface area contributed by atoms with E-state index in [9.17, 15) is 0 Å². The van der Waals surface area contributed by atoms with Crippen LogP contribution in [0.25, 0.3) is 0 Å². The summed E-state index contributed by atoms with van der Waals surface area (Å²) in [5.41, 5.74) is 3.46. The first kappa shape index (κ1) is 15.1. The summed E-state index contributed by atoms with van der Waals surface area (Å²) in [4.78, 5) is 2.73. The fraction of sp³-hybridized carbons (Fsp3) is 0.684. The number of benzene rings is 1. The van der Waals surface area contributed by atoms with Crippen LogP contribution in [0.2, 0.25) is 0 Å². The smallest absolute Gasteiger partial charge is 0.0331 e. The molecule has 1 aliphatic carbocycles. The Hall–Kier alpha value is -0.860. The molecule has 1 fully saturated rings. The van der Waals surface area contributed by atoms with Gasteiger partial charge in [-0.2, -0.15) is 0 Å². The summed E-state index contributed by atoms with van der Waals surface area (Å²) in [6.45, 7) is 7.40. The summed E-state index contributed by atoms with van der Waals surface area (Å²) in [5.74, 6) is 0.757. The van der Waals surface area contributed by atoms with Gasteiger partial charge in [0.15, 0.2) is 0 Å². The summed E-state index contributed by atoms with van der Waals surface area (Å²) in [6, 6.07) is 9.57. The Balaban J connectivity index is 1.72. The predicted molar refractivity (Wildman–Crippen MR) is 89.9 cm³/mol. The van der Waals surface area contributed by atoms with Crippen LogP contribution in [0.3, 0.4) is 0 Å². The lowest BCUT2D eigenvalue weighted by Crippen LogP contribution is -2.58. The Morgan fingerprint density at radius 2 is 2.00 bits per heavy atom. The second-order valence-electron chi connectivity index (χ2n) is 7.08. The Kier molecular flexibility index (Phi) is 4.37. The maximum atomic E-state index is 3.66. The van der Waals surface area contributed by atoms with Crippen LogP contribution >= 0.6 is 0 Å². The molecule has 21 heavy (non-hydrogen) atoms. The third kappa shape index (κ3) is 2.64. The zero-order valence-corrected chi connectivity index (χ0v) is 13.9. The van der Waals surface area contributed by atoms with Gasteiger partial charge < -0.3 is 5.32 Å². The maximum absolute atomic E-state index is 3.66. The Morgan fingerprint density at radius 3 is 2.62 bits per heavy atom. The summed E-state index contributed by atoms with van der Waals surface area (Å²) in [5, 5.41) is 3.66. The topological polar surface area (TPSA) is 15.3 Å². The van der Waals surface area contributed by atoms with Crippen LogP contribution < -0.4 is 5.32 Å². The van der Waals surface area contributed by atoms with Crippen molar-refractivity contribution in [3.63, 3.8) is 0 Å². The molecule has 1 aromatic rings. The van der Waals surface area contributed by atoms with Gasteiger partial charge in [0, 0.05) is 11.6 Å². The molecule has 116 valence electrons. The van der Waals surface area contributed by atoms with Crippen LogP contribution in [0, 0.1) is 0 Å². The van der Waals surface area contributed by atoms with Gasteiger partial charge >= 0.3 is 0 Å². The third-order valence-electron chi connectivity index (χ3n) is 6.12. The molecule has 0 amide bonds. The van der Waals surface area contributed by atoms with Crippen molar-refractivity contribution in [1.82, 2.24) is 10.2 Å². The molecule has 0 saturated carbocycles. The zero-order chi connectivity index (χ0) is 14.9. The molecule has 3 rings (SSSR count). The van der Waals surface area contributed by atoms with E-state index in [4.69, 9.17) is 0 Å². The fourth-order valence-corrected chi connectivity index (χ4v) is 4.46.